The SMILES string of the molecule is CC1=CC=C(CN)[C@@H](C)C1. The summed E-state index contributed by atoms with van der Waals surface area (Å²) in [5, 5.41) is 0. The van der Waals surface area contributed by atoms with Gasteiger partial charge in [-0.25, -0.2) is 0 Å². The second kappa shape index (κ2) is 3.02. The molecule has 0 unspecified atom stereocenters. The molecule has 0 radical (unpaired) electrons. The van der Waals surface area contributed by atoms with Crippen molar-refractivity contribution in [3.8, 4) is 0 Å². The molecule has 0 aromatic carbocycles. The van der Waals surface area contributed by atoms with Crippen molar-refractivity contribution in [3.05, 3.63) is 23.3 Å². The van der Waals surface area contributed by atoms with Gasteiger partial charge in [-0.1, -0.05) is 30.2 Å². The smallest absolute Gasteiger partial charge is 0.0142 e. The Morgan fingerprint density at radius 2 is 2.30 bits per heavy atom. The zero-order valence-electron chi connectivity index (χ0n) is 6.72. The highest BCUT2D eigenvalue weighted by Crippen LogP contribution is 2.23. The molecule has 0 spiro atoms. The van der Waals surface area contributed by atoms with Gasteiger partial charge in [0.1, 0.15) is 0 Å². The number of rotatable bonds is 1. The van der Waals surface area contributed by atoms with Crippen molar-refractivity contribution in [1.29, 1.82) is 0 Å². The summed E-state index contributed by atoms with van der Waals surface area (Å²) in [5.41, 5.74) is 8.38. The first-order valence-electron chi connectivity index (χ1n) is 3.80. The van der Waals surface area contributed by atoms with Gasteiger partial charge in [-0.3, -0.25) is 0 Å². The molecule has 2 N–H and O–H groups in total. The van der Waals surface area contributed by atoms with Crippen molar-refractivity contribution in [2.24, 2.45) is 11.7 Å². The molecule has 0 aromatic heterocycles. The van der Waals surface area contributed by atoms with Crippen LogP contribution in [-0.2, 0) is 0 Å². The molecule has 0 bridgehead atoms. The van der Waals surface area contributed by atoms with Gasteiger partial charge in [-0.15, -0.1) is 0 Å². The molecule has 1 atom stereocenters. The fourth-order valence-corrected chi connectivity index (χ4v) is 1.36. The third kappa shape index (κ3) is 1.48. The Morgan fingerprint density at radius 1 is 1.60 bits per heavy atom. The number of hydrogen-bond donors (Lipinski definition) is 1. The highest BCUT2D eigenvalue weighted by molar-refractivity contribution is 5.25. The van der Waals surface area contributed by atoms with Gasteiger partial charge in [0.15, 0.2) is 0 Å². The summed E-state index contributed by atoms with van der Waals surface area (Å²) in [4.78, 5) is 0. The summed E-state index contributed by atoms with van der Waals surface area (Å²) in [7, 11) is 0. The average Bonchev–Trinajstić information content (AvgIpc) is 1.88. The molecule has 0 fully saturated rings. The summed E-state index contributed by atoms with van der Waals surface area (Å²) >= 11 is 0. The van der Waals surface area contributed by atoms with Crippen LogP contribution in [0.5, 0.6) is 0 Å². The highest BCUT2D eigenvalue weighted by Gasteiger charge is 2.10. The molecule has 10 heavy (non-hydrogen) atoms. The van der Waals surface area contributed by atoms with Gasteiger partial charge >= 0.3 is 0 Å². The first-order chi connectivity index (χ1) is 4.74. The molecule has 1 aliphatic rings. The van der Waals surface area contributed by atoms with E-state index in [0.717, 1.165) is 0 Å². The van der Waals surface area contributed by atoms with Gasteiger partial charge in [0.05, 0.1) is 0 Å². The second-order valence-electron chi connectivity index (χ2n) is 3.06. The van der Waals surface area contributed by atoms with E-state index in [4.69, 9.17) is 5.73 Å². The summed E-state index contributed by atoms with van der Waals surface area (Å²) in [6.45, 7) is 5.11. The Balaban J connectivity index is 2.71. The van der Waals surface area contributed by atoms with E-state index in [2.05, 4.69) is 26.0 Å². The normalized spacial score (nSPS) is 25.7. The molecule has 1 nitrogen and oxygen atoms in total. The van der Waals surface area contributed by atoms with E-state index >= 15 is 0 Å². The molecular formula is C9H15N. The fraction of sp³-hybridized carbons (Fsp3) is 0.556. The maximum absolute atomic E-state index is 5.54. The van der Waals surface area contributed by atoms with Crippen molar-refractivity contribution in [2.45, 2.75) is 20.3 Å². The number of nitrogens with two attached hydrogens (primary N) is 1. The third-order valence-electron chi connectivity index (χ3n) is 2.08. The minimum atomic E-state index is 0.662. The van der Waals surface area contributed by atoms with E-state index in [-0.39, 0.29) is 0 Å². The van der Waals surface area contributed by atoms with E-state index < -0.39 is 0 Å². The van der Waals surface area contributed by atoms with Crippen LogP contribution in [0.25, 0.3) is 0 Å². The van der Waals surface area contributed by atoms with Crippen LogP contribution < -0.4 is 5.73 Å². The predicted molar refractivity (Wildman–Crippen MR) is 44.7 cm³/mol. The standard InChI is InChI=1S/C9H15N/c1-7-3-4-9(6-10)8(2)5-7/h3-4,8H,5-6,10H2,1-2H3/t8-/m0/s1. The molecule has 1 heteroatoms. The lowest BCUT2D eigenvalue weighted by molar-refractivity contribution is 0.648. The van der Waals surface area contributed by atoms with Crippen molar-refractivity contribution < 1.29 is 0 Å². The topological polar surface area (TPSA) is 26.0 Å². The summed E-state index contributed by atoms with van der Waals surface area (Å²) < 4.78 is 0. The van der Waals surface area contributed by atoms with Crippen LogP contribution in [0.15, 0.2) is 23.3 Å². The minimum Gasteiger partial charge on any atom is -0.327 e. The Bertz CT molecular complexity index is 177. The molecule has 56 valence electrons. The van der Waals surface area contributed by atoms with E-state index in [0.29, 0.717) is 12.5 Å². The van der Waals surface area contributed by atoms with Gasteiger partial charge in [0.2, 0.25) is 0 Å². The van der Waals surface area contributed by atoms with Crippen molar-refractivity contribution >= 4 is 0 Å². The van der Waals surface area contributed by atoms with Crippen molar-refractivity contribution in [2.75, 3.05) is 6.54 Å². The largest absolute Gasteiger partial charge is 0.327 e. The van der Waals surface area contributed by atoms with E-state index in [1.54, 1.807) is 0 Å². The van der Waals surface area contributed by atoms with Crippen molar-refractivity contribution in [3.63, 3.8) is 0 Å². The minimum absolute atomic E-state index is 0.662. The van der Waals surface area contributed by atoms with Crippen LogP contribution in [-0.4, -0.2) is 6.54 Å². The van der Waals surface area contributed by atoms with Crippen molar-refractivity contribution in [1.82, 2.24) is 0 Å². The lowest BCUT2D eigenvalue weighted by Crippen LogP contribution is -2.13. The van der Waals surface area contributed by atoms with Gasteiger partial charge in [-0.2, -0.15) is 0 Å². The molecule has 0 amide bonds. The van der Waals surface area contributed by atoms with Crippen LogP contribution in [0.4, 0.5) is 0 Å². The zero-order chi connectivity index (χ0) is 7.56. The number of allylic oxidation sites excluding steroid dienone is 3. The summed E-state index contributed by atoms with van der Waals surface area (Å²) in [6, 6.07) is 0. The third-order valence-corrected chi connectivity index (χ3v) is 2.08. The van der Waals surface area contributed by atoms with Crippen LogP contribution in [0.1, 0.15) is 20.3 Å². The van der Waals surface area contributed by atoms with Crippen LogP contribution in [0, 0.1) is 5.92 Å². The van der Waals surface area contributed by atoms with Gasteiger partial charge in [-0.05, 0) is 19.3 Å². The lowest BCUT2D eigenvalue weighted by atomic mass is 9.89. The Morgan fingerprint density at radius 3 is 2.80 bits per heavy atom. The quantitative estimate of drug-likeness (QED) is 0.586. The summed E-state index contributed by atoms with van der Waals surface area (Å²) in [5.74, 6) is 0.662. The first-order valence-corrected chi connectivity index (χ1v) is 3.80. The van der Waals surface area contributed by atoms with Gasteiger partial charge in [0.25, 0.3) is 0 Å². The average molecular weight is 137 g/mol. The predicted octanol–water partition coefficient (Wildman–Crippen LogP) is 1.86. The molecular weight excluding hydrogens is 122 g/mol. The zero-order valence-corrected chi connectivity index (χ0v) is 6.72. The molecule has 0 aromatic rings. The molecule has 1 aliphatic carbocycles. The van der Waals surface area contributed by atoms with E-state index in [1.807, 2.05) is 0 Å². The monoisotopic (exact) mass is 137 g/mol. The molecule has 0 saturated heterocycles. The van der Waals surface area contributed by atoms with Gasteiger partial charge in [0, 0.05) is 6.54 Å². The first kappa shape index (κ1) is 7.55. The fourth-order valence-electron chi connectivity index (χ4n) is 1.36. The molecule has 1 rings (SSSR count). The van der Waals surface area contributed by atoms with Crippen LogP contribution in [0.2, 0.25) is 0 Å². The Hall–Kier alpha value is -0.560. The lowest BCUT2D eigenvalue weighted by Gasteiger charge is -2.18. The van der Waals surface area contributed by atoms with Gasteiger partial charge < -0.3 is 5.73 Å². The maximum Gasteiger partial charge on any atom is 0.0142 e. The maximum atomic E-state index is 5.54. The van der Waals surface area contributed by atoms with E-state index in [1.165, 1.54) is 17.6 Å². The van der Waals surface area contributed by atoms with Crippen LogP contribution >= 0.6 is 0 Å². The molecule has 0 aliphatic heterocycles. The highest BCUT2D eigenvalue weighted by atomic mass is 14.5. The summed E-state index contributed by atoms with van der Waals surface area (Å²) in [6.07, 6.45) is 5.51. The molecule has 0 heterocycles. The Kier molecular flexibility index (Phi) is 2.28. The number of hydrogen-bond acceptors (Lipinski definition) is 1. The Labute approximate surface area is 62.6 Å². The molecule has 0 saturated carbocycles. The van der Waals surface area contributed by atoms with E-state index in [9.17, 15) is 0 Å². The van der Waals surface area contributed by atoms with Crippen LogP contribution in [0.3, 0.4) is 0 Å². The second-order valence-corrected chi connectivity index (χ2v) is 3.06.